The summed E-state index contributed by atoms with van der Waals surface area (Å²) < 4.78 is 8.14. The van der Waals surface area contributed by atoms with Crippen molar-refractivity contribution in [1.82, 2.24) is 25.1 Å². The van der Waals surface area contributed by atoms with E-state index < -0.39 is 0 Å². The van der Waals surface area contributed by atoms with Crippen LogP contribution in [-0.4, -0.2) is 64.0 Å². The van der Waals surface area contributed by atoms with E-state index in [0.29, 0.717) is 62.2 Å². The van der Waals surface area contributed by atoms with Gasteiger partial charge in [0.15, 0.2) is 0 Å². The van der Waals surface area contributed by atoms with Crippen LogP contribution in [0.4, 0.5) is 0 Å². The van der Waals surface area contributed by atoms with Crippen LogP contribution in [0.1, 0.15) is 50.5 Å². The fourth-order valence-corrected chi connectivity index (χ4v) is 7.50. The third-order valence-electron chi connectivity index (χ3n) is 8.90. The van der Waals surface area contributed by atoms with E-state index in [1.165, 1.54) is 4.57 Å². The predicted molar refractivity (Wildman–Crippen MR) is 203 cm³/mol. The lowest BCUT2D eigenvalue weighted by atomic mass is 9.99. The molecule has 1 aliphatic rings. The molecule has 1 aliphatic heterocycles. The molecule has 9 nitrogen and oxygen atoms in total. The number of amides is 2. The van der Waals surface area contributed by atoms with Crippen molar-refractivity contribution >= 4 is 57.7 Å². The predicted octanol–water partition coefficient (Wildman–Crippen LogP) is 7.52. The molecule has 12 heteroatoms. The van der Waals surface area contributed by atoms with E-state index in [1.807, 2.05) is 68.9 Å². The highest BCUT2D eigenvalue weighted by atomic mass is 35.5. The van der Waals surface area contributed by atoms with Crippen molar-refractivity contribution in [2.24, 2.45) is 7.05 Å². The lowest BCUT2D eigenvalue weighted by molar-refractivity contribution is 0.0922. The van der Waals surface area contributed by atoms with Crippen LogP contribution in [0.5, 0.6) is 11.5 Å². The van der Waals surface area contributed by atoms with Crippen molar-refractivity contribution in [2.45, 2.75) is 26.8 Å². The summed E-state index contributed by atoms with van der Waals surface area (Å²) in [4.78, 5) is 45.5. The van der Waals surface area contributed by atoms with E-state index in [-0.39, 0.29) is 29.1 Å². The lowest BCUT2D eigenvalue weighted by Gasteiger charge is -2.31. The first-order chi connectivity index (χ1) is 24.0. The molecule has 50 heavy (non-hydrogen) atoms. The van der Waals surface area contributed by atoms with Crippen LogP contribution in [0, 0.1) is 13.8 Å². The van der Waals surface area contributed by atoms with E-state index >= 15 is 0 Å². The largest absolute Gasteiger partial charge is 0.456 e. The Labute approximate surface area is 305 Å². The highest BCUT2D eigenvalue weighted by Crippen LogP contribution is 2.39. The molecule has 0 aliphatic carbocycles. The lowest BCUT2D eigenvalue weighted by Crippen LogP contribution is -2.41. The second-order valence-electron chi connectivity index (χ2n) is 12.4. The van der Waals surface area contributed by atoms with Crippen molar-refractivity contribution < 1.29 is 14.3 Å². The summed E-state index contributed by atoms with van der Waals surface area (Å²) in [5.74, 6) is 2.57. The van der Waals surface area contributed by atoms with Gasteiger partial charge in [-0.15, -0.1) is 0 Å². The molecule has 6 rings (SSSR count). The van der Waals surface area contributed by atoms with Crippen molar-refractivity contribution in [1.29, 1.82) is 0 Å². The molecule has 3 N–H and O–H groups in total. The molecular formula is C38H39Cl2N5O4S. The monoisotopic (exact) mass is 731 g/mol. The zero-order valence-corrected chi connectivity index (χ0v) is 30.7. The number of nitrogens with one attached hydrogen (secondary N) is 3. The minimum atomic E-state index is -0.348. The van der Waals surface area contributed by atoms with Gasteiger partial charge >= 0.3 is 0 Å². The number of fused-ring (bicyclic) bond motifs is 1. The Morgan fingerprint density at radius 1 is 0.960 bits per heavy atom. The second-order valence-corrected chi connectivity index (χ2v) is 14.5. The number of carbonyl (C=O) groups excluding carboxylic acids is 2. The molecule has 0 radical (unpaired) electrons. The number of benzene rings is 3. The summed E-state index contributed by atoms with van der Waals surface area (Å²) in [6.07, 6.45) is 1.73. The van der Waals surface area contributed by atoms with Gasteiger partial charge in [0.25, 0.3) is 17.4 Å². The summed E-state index contributed by atoms with van der Waals surface area (Å²) in [7, 11) is 1.66. The van der Waals surface area contributed by atoms with Gasteiger partial charge < -0.3 is 24.9 Å². The minimum Gasteiger partial charge on any atom is -0.456 e. The number of para-hydroxylation sites is 1. The molecule has 1 saturated heterocycles. The number of aryl methyl sites for hydroxylation is 3. The Bertz CT molecular complexity index is 2120. The Morgan fingerprint density at radius 3 is 2.40 bits per heavy atom. The third kappa shape index (κ3) is 7.58. The summed E-state index contributed by atoms with van der Waals surface area (Å²) >= 11 is 14.6. The van der Waals surface area contributed by atoms with Crippen LogP contribution in [0.25, 0.3) is 22.0 Å². The van der Waals surface area contributed by atoms with Crippen molar-refractivity contribution in [3.8, 4) is 22.6 Å². The topological polar surface area (TPSA) is 108 Å². The number of H-pyrrole nitrogens is 1. The molecular weight excluding hydrogens is 693 g/mol. The van der Waals surface area contributed by atoms with Crippen LogP contribution in [0.3, 0.4) is 0 Å². The number of pyridine rings is 1. The molecule has 1 atom stereocenters. The molecule has 0 bridgehead atoms. The normalized spacial score (nSPS) is 14.0. The highest BCUT2D eigenvalue weighted by Gasteiger charge is 2.24. The number of carbonyl (C=O) groups is 2. The third-order valence-corrected chi connectivity index (χ3v) is 10.6. The smallest absolute Gasteiger partial charge is 0.274 e. The number of thioether (sulfide) groups is 1. The maximum atomic E-state index is 14.1. The molecule has 3 heterocycles. The van der Waals surface area contributed by atoms with E-state index in [0.717, 1.165) is 41.3 Å². The number of halogens is 2. The molecule has 0 saturated carbocycles. The summed E-state index contributed by atoms with van der Waals surface area (Å²) in [5, 5.41) is 7.48. The Morgan fingerprint density at radius 2 is 1.70 bits per heavy atom. The van der Waals surface area contributed by atoms with Gasteiger partial charge in [-0.05, 0) is 73.9 Å². The van der Waals surface area contributed by atoms with Crippen molar-refractivity contribution in [3.05, 3.63) is 115 Å². The fourth-order valence-electron chi connectivity index (χ4n) is 6.21. The van der Waals surface area contributed by atoms with Gasteiger partial charge in [0.1, 0.15) is 22.7 Å². The standard InChI is InChI=1S/C38H39Cl2N5O4S/c1-5-41-37(47)31-19-27-28(20-44(4)38(48)34(27)42-31)26-11-9-25(18-33(26)49-35-22(2)7-6-8-23(35)3)36(46)43-32(21-45-13-15-50-16-14-45)24-10-12-29(39)30(40)17-24/h6-12,17-20,32,42H,5,13-16,21H2,1-4H3,(H,41,47)(H,43,46). The average Bonchev–Trinajstić information content (AvgIpc) is 3.56. The first kappa shape index (κ1) is 35.6. The molecule has 2 aromatic heterocycles. The van der Waals surface area contributed by atoms with Crippen LogP contribution in [0.15, 0.2) is 71.7 Å². The fraction of sp³-hybridized carbons (Fsp3) is 0.289. The van der Waals surface area contributed by atoms with Gasteiger partial charge in [-0.25, -0.2) is 0 Å². The molecule has 0 spiro atoms. The second kappa shape index (κ2) is 15.3. The van der Waals surface area contributed by atoms with E-state index in [4.69, 9.17) is 27.9 Å². The van der Waals surface area contributed by atoms with Gasteiger partial charge in [-0.3, -0.25) is 19.3 Å². The van der Waals surface area contributed by atoms with Crippen molar-refractivity contribution in [3.63, 3.8) is 0 Å². The highest BCUT2D eigenvalue weighted by molar-refractivity contribution is 7.99. The van der Waals surface area contributed by atoms with Gasteiger partial charge in [0.05, 0.1) is 16.1 Å². The maximum absolute atomic E-state index is 14.1. The zero-order valence-electron chi connectivity index (χ0n) is 28.4. The van der Waals surface area contributed by atoms with Crippen LogP contribution in [-0.2, 0) is 7.05 Å². The molecule has 1 unspecified atom stereocenters. The average molecular weight is 733 g/mol. The summed E-state index contributed by atoms with van der Waals surface area (Å²) in [6.45, 7) is 8.68. The van der Waals surface area contributed by atoms with Crippen LogP contribution in [0.2, 0.25) is 10.0 Å². The number of nitrogens with zero attached hydrogens (tertiary/aromatic N) is 2. The van der Waals surface area contributed by atoms with E-state index in [1.54, 1.807) is 37.5 Å². The van der Waals surface area contributed by atoms with Crippen LogP contribution < -0.4 is 20.9 Å². The van der Waals surface area contributed by atoms with Gasteiger partial charge in [0, 0.05) is 73.0 Å². The molecule has 260 valence electrons. The van der Waals surface area contributed by atoms with Gasteiger partial charge in [0.2, 0.25) is 0 Å². The molecule has 1 fully saturated rings. The van der Waals surface area contributed by atoms with E-state index in [9.17, 15) is 14.4 Å². The molecule has 3 aromatic carbocycles. The maximum Gasteiger partial charge on any atom is 0.274 e. The molecule has 5 aromatic rings. The number of hydrogen-bond donors (Lipinski definition) is 3. The number of rotatable bonds is 10. The summed E-state index contributed by atoms with van der Waals surface area (Å²) in [5.41, 5.74) is 4.73. The number of aromatic nitrogens is 2. The number of ether oxygens (including phenoxy) is 1. The SMILES string of the molecule is CCNC(=O)c1cc2c(-c3ccc(C(=O)NC(CN4CCSCC4)c4ccc(Cl)c(Cl)c4)cc3Oc3c(C)cccc3C)cn(C)c(=O)c2[nH]1. The first-order valence-corrected chi connectivity index (χ1v) is 18.4. The summed E-state index contributed by atoms with van der Waals surface area (Å²) in [6, 6.07) is 18.0. The van der Waals surface area contributed by atoms with Crippen LogP contribution >= 0.6 is 35.0 Å². The molecule has 2 amide bonds. The Balaban J connectivity index is 1.44. The van der Waals surface area contributed by atoms with E-state index in [2.05, 4.69) is 20.5 Å². The van der Waals surface area contributed by atoms with Gasteiger partial charge in [-0.1, -0.05) is 47.5 Å². The quantitative estimate of drug-likeness (QED) is 0.137. The Kier molecular flexibility index (Phi) is 10.9. The van der Waals surface area contributed by atoms with Crippen molar-refractivity contribution in [2.75, 3.05) is 37.7 Å². The first-order valence-electron chi connectivity index (χ1n) is 16.5. The zero-order chi connectivity index (χ0) is 35.5. The Hall–Kier alpha value is -4.22. The minimum absolute atomic E-state index is 0.270. The number of hydrogen-bond acceptors (Lipinski definition) is 6. The number of aromatic amines is 1. The van der Waals surface area contributed by atoms with Gasteiger partial charge in [-0.2, -0.15) is 11.8 Å².